The maximum Gasteiger partial charge on any atom is 0.434 e. The first-order chi connectivity index (χ1) is 6.16. The van der Waals surface area contributed by atoms with E-state index in [0.717, 1.165) is 9.86 Å². The number of furan rings is 1. The van der Waals surface area contributed by atoms with Gasteiger partial charge in [-0.3, -0.25) is 10.1 Å². The first-order valence-corrected chi connectivity index (χ1v) is 4.29. The first kappa shape index (κ1) is 8.25. The van der Waals surface area contributed by atoms with Crippen molar-refractivity contribution in [1.29, 1.82) is 0 Å². The quantitative estimate of drug-likeness (QED) is 0.570. The lowest BCUT2D eigenvalue weighted by Gasteiger charge is -1.86. The van der Waals surface area contributed by atoms with Crippen molar-refractivity contribution in [3.8, 4) is 0 Å². The Morgan fingerprint density at radius 1 is 1.38 bits per heavy atom. The highest BCUT2D eigenvalue weighted by atomic mass is 79.9. The zero-order chi connectivity index (χ0) is 9.42. The fourth-order valence-electron chi connectivity index (χ4n) is 1.09. The predicted octanol–water partition coefficient (Wildman–Crippen LogP) is 3.10. The minimum absolute atomic E-state index is 0.229. The van der Waals surface area contributed by atoms with Crippen molar-refractivity contribution in [2.45, 2.75) is 0 Å². The Hall–Kier alpha value is -1.36. The van der Waals surface area contributed by atoms with Gasteiger partial charge in [-0.05, 0) is 18.2 Å². The molecule has 13 heavy (non-hydrogen) atoms. The number of nitrogens with zero attached hydrogens (tertiary/aromatic N) is 1. The molecule has 0 N–H and O–H groups in total. The minimum atomic E-state index is -0.548. The van der Waals surface area contributed by atoms with Crippen LogP contribution in [0.5, 0.6) is 0 Å². The Balaban J connectivity index is 2.68. The predicted molar refractivity (Wildman–Crippen MR) is 50.6 cm³/mol. The van der Waals surface area contributed by atoms with Gasteiger partial charge in [0.1, 0.15) is 10.5 Å². The van der Waals surface area contributed by atoms with E-state index in [9.17, 15) is 10.1 Å². The van der Waals surface area contributed by atoms with E-state index in [0.29, 0.717) is 5.58 Å². The highest BCUT2D eigenvalue weighted by molar-refractivity contribution is 9.10. The molecule has 0 spiro atoms. The van der Waals surface area contributed by atoms with Crippen LogP contribution in [-0.4, -0.2) is 4.92 Å². The van der Waals surface area contributed by atoms with Crippen molar-refractivity contribution in [1.82, 2.24) is 0 Å². The Kier molecular flexibility index (Phi) is 1.81. The fourth-order valence-corrected chi connectivity index (χ4v) is 1.47. The molecule has 0 saturated carbocycles. The molecule has 4 nitrogen and oxygen atoms in total. The van der Waals surface area contributed by atoms with Gasteiger partial charge in [-0.1, -0.05) is 15.9 Å². The van der Waals surface area contributed by atoms with Gasteiger partial charge in [0.15, 0.2) is 0 Å². The molecule has 0 radical (unpaired) electrons. The SMILES string of the molecule is O=[N+]([O-])c1cc2cc(Br)ccc2o1. The second kappa shape index (κ2) is 2.85. The zero-order valence-corrected chi connectivity index (χ0v) is 7.95. The average molecular weight is 242 g/mol. The van der Waals surface area contributed by atoms with Crippen LogP contribution >= 0.6 is 15.9 Å². The van der Waals surface area contributed by atoms with Crippen molar-refractivity contribution >= 4 is 32.8 Å². The largest absolute Gasteiger partial charge is 0.434 e. The minimum Gasteiger partial charge on any atom is -0.401 e. The van der Waals surface area contributed by atoms with E-state index in [2.05, 4.69) is 15.9 Å². The third kappa shape index (κ3) is 1.42. The van der Waals surface area contributed by atoms with Gasteiger partial charge in [0.05, 0.1) is 6.07 Å². The van der Waals surface area contributed by atoms with Crippen molar-refractivity contribution in [2.75, 3.05) is 0 Å². The van der Waals surface area contributed by atoms with Gasteiger partial charge in [-0.15, -0.1) is 0 Å². The molecule has 5 heteroatoms. The number of fused-ring (bicyclic) bond motifs is 1. The van der Waals surface area contributed by atoms with Gasteiger partial charge in [-0.25, -0.2) is 0 Å². The number of benzene rings is 1. The van der Waals surface area contributed by atoms with Gasteiger partial charge < -0.3 is 4.42 Å². The number of hydrogen-bond donors (Lipinski definition) is 0. The molecular weight excluding hydrogens is 238 g/mol. The van der Waals surface area contributed by atoms with Crippen LogP contribution in [0.15, 0.2) is 33.2 Å². The van der Waals surface area contributed by atoms with Gasteiger partial charge in [0.2, 0.25) is 0 Å². The number of halogens is 1. The van der Waals surface area contributed by atoms with Gasteiger partial charge >= 0.3 is 5.88 Å². The van der Waals surface area contributed by atoms with E-state index < -0.39 is 4.92 Å². The van der Waals surface area contributed by atoms with Crippen molar-refractivity contribution in [3.63, 3.8) is 0 Å². The molecule has 2 aromatic rings. The lowest BCUT2D eigenvalue weighted by atomic mass is 10.3. The van der Waals surface area contributed by atoms with E-state index >= 15 is 0 Å². The molecule has 0 bridgehead atoms. The summed E-state index contributed by atoms with van der Waals surface area (Å²) < 4.78 is 5.84. The molecule has 0 amide bonds. The summed E-state index contributed by atoms with van der Waals surface area (Å²) in [5.41, 5.74) is 0.523. The van der Waals surface area contributed by atoms with Crippen LogP contribution in [0.3, 0.4) is 0 Å². The molecule has 0 unspecified atom stereocenters. The van der Waals surface area contributed by atoms with Crippen LogP contribution in [0.25, 0.3) is 11.0 Å². The lowest BCUT2D eigenvalue weighted by molar-refractivity contribution is -0.401. The Morgan fingerprint density at radius 2 is 2.15 bits per heavy atom. The first-order valence-electron chi connectivity index (χ1n) is 3.50. The maximum atomic E-state index is 10.4. The highest BCUT2D eigenvalue weighted by Crippen LogP contribution is 2.26. The van der Waals surface area contributed by atoms with Crippen LogP contribution in [0.2, 0.25) is 0 Å². The lowest BCUT2D eigenvalue weighted by Crippen LogP contribution is -1.82. The summed E-state index contributed by atoms with van der Waals surface area (Å²) in [6.07, 6.45) is 0. The van der Waals surface area contributed by atoms with Gasteiger partial charge in [-0.2, -0.15) is 0 Å². The zero-order valence-electron chi connectivity index (χ0n) is 6.36. The molecule has 0 fully saturated rings. The molecule has 0 aliphatic carbocycles. The van der Waals surface area contributed by atoms with E-state index in [-0.39, 0.29) is 5.88 Å². The normalized spacial score (nSPS) is 10.5. The monoisotopic (exact) mass is 241 g/mol. The maximum absolute atomic E-state index is 10.4. The molecule has 66 valence electrons. The van der Waals surface area contributed by atoms with Crippen LogP contribution in [-0.2, 0) is 0 Å². The van der Waals surface area contributed by atoms with Crippen LogP contribution < -0.4 is 0 Å². The Morgan fingerprint density at radius 3 is 2.85 bits per heavy atom. The summed E-state index contributed by atoms with van der Waals surface area (Å²) in [4.78, 5) is 9.81. The van der Waals surface area contributed by atoms with E-state index in [1.54, 1.807) is 18.2 Å². The summed E-state index contributed by atoms with van der Waals surface area (Å²) >= 11 is 3.27. The molecule has 0 saturated heterocycles. The molecule has 0 aliphatic rings. The number of nitro groups is 1. The summed E-state index contributed by atoms with van der Waals surface area (Å²) in [6.45, 7) is 0. The molecule has 0 atom stereocenters. The van der Waals surface area contributed by atoms with Crippen molar-refractivity contribution in [3.05, 3.63) is 38.9 Å². The summed E-state index contributed by atoms with van der Waals surface area (Å²) in [5.74, 6) is -0.229. The molecule has 2 rings (SSSR count). The van der Waals surface area contributed by atoms with Crippen molar-refractivity contribution in [2.24, 2.45) is 0 Å². The fraction of sp³-hybridized carbons (Fsp3) is 0. The molecule has 1 aromatic heterocycles. The topological polar surface area (TPSA) is 56.3 Å². The molecule has 0 aliphatic heterocycles. The van der Waals surface area contributed by atoms with E-state index in [1.165, 1.54) is 6.07 Å². The van der Waals surface area contributed by atoms with Crippen LogP contribution in [0.4, 0.5) is 5.88 Å². The van der Waals surface area contributed by atoms with Crippen molar-refractivity contribution < 1.29 is 9.34 Å². The number of hydrogen-bond acceptors (Lipinski definition) is 3. The summed E-state index contributed by atoms with van der Waals surface area (Å²) in [7, 11) is 0. The second-order valence-corrected chi connectivity index (χ2v) is 3.44. The van der Waals surface area contributed by atoms with E-state index in [4.69, 9.17) is 4.42 Å². The smallest absolute Gasteiger partial charge is 0.401 e. The average Bonchev–Trinajstić information content (AvgIpc) is 2.46. The highest BCUT2D eigenvalue weighted by Gasteiger charge is 2.12. The standard InChI is InChI=1S/C8H4BrNO3/c9-6-1-2-7-5(3-6)4-8(13-7)10(11)12/h1-4H. The third-order valence-electron chi connectivity index (χ3n) is 1.65. The molecule has 1 aromatic carbocycles. The number of rotatable bonds is 1. The summed E-state index contributed by atoms with van der Waals surface area (Å²) in [5, 5.41) is 11.1. The van der Waals surface area contributed by atoms with Gasteiger partial charge in [0.25, 0.3) is 0 Å². The second-order valence-electron chi connectivity index (χ2n) is 2.52. The molecular formula is C8H4BrNO3. The molecule has 1 heterocycles. The van der Waals surface area contributed by atoms with Gasteiger partial charge in [0, 0.05) is 9.86 Å². The van der Waals surface area contributed by atoms with E-state index in [1.807, 2.05) is 0 Å². The van der Waals surface area contributed by atoms with Crippen LogP contribution in [0, 0.1) is 10.1 Å². The Bertz CT molecular complexity index is 477. The van der Waals surface area contributed by atoms with Crippen LogP contribution in [0.1, 0.15) is 0 Å². The summed E-state index contributed by atoms with van der Waals surface area (Å²) in [6, 6.07) is 6.63. The Labute approximate surface area is 81.4 Å². The third-order valence-corrected chi connectivity index (χ3v) is 2.14.